The predicted octanol–water partition coefficient (Wildman–Crippen LogP) is 3.65. The van der Waals surface area contributed by atoms with Gasteiger partial charge in [0.15, 0.2) is 0 Å². The van der Waals surface area contributed by atoms with Crippen molar-refractivity contribution >= 4 is 11.6 Å². The quantitative estimate of drug-likeness (QED) is 0.682. The molecule has 0 aliphatic carbocycles. The average molecular weight is 377 g/mol. The van der Waals surface area contributed by atoms with Crippen LogP contribution in [0.4, 0.5) is 5.69 Å². The van der Waals surface area contributed by atoms with Gasteiger partial charge in [-0.3, -0.25) is 9.59 Å². The topological polar surface area (TPSA) is 73.2 Å². The number of rotatable bonds is 7. The third-order valence-electron chi connectivity index (χ3n) is 4.31. The second kappa shape index (κ2) is 8.99. The van der Waals surface area contributed by atoms with Crippen molar-refractivity contribution in [3.05, 3.63) is 76.6 Å². The number of nitrogens with zero attached hydrogens (tertiary/aromatic N) is 2. The van der Waals surface area contributed by atoms with Crippen LogP contribution in [-0.4, -0.2) is 22.8 Å². The molecule has 0 unspecified atom stereocenters. The summed E-state index contributed by atoms with van der Waals surface area (Å²) in [5.41, 5.74) is 3.22. The Balaban J connectivity index is 1.62. The highest BCUT2D eigenvalue weighted by molar-refractivity contribution is 5.90. The summed E-state index contributed by atoms with van der Waals surface area (Å²) in [7, 11) is 1.61. The number of hydrogen-bond acceptors (Lipinski definition) is 4. The summed E-state index contributed by atoms with van der Waals surface area (Å²) in [6.45, 7) is 2.35. The van der Waals surface area contributed by atoms with Crippen LogP contribution in [0.2, 0.25) is 0 Å². The molecule has 0 spiro atoms. The van der Waals surface area contributed by atoms with Gasteiger partial charge in [-0.2, -0.15) is 5.10 Å². The molecule has 0 fully saturated rings. The number of nitrogens with one attached hydrogen (secondary N) is 1. The van der Waals surface area contributed by atoms with Crippen molar-refractivity contribution in [3.63, 3.8) is 0 Å². The summed E-state index contributed by atoms with van der Waals surface area (Å²) in [6, 6.07) is 18.3. The lowest BCUT2D eigenvalue weighted by Crippen LogP contribution is -2.23. The molecule has 0 atom stereocenters. The van der Waals surface area contributed by atoms with E-state index in [1.165, 1.54) is 10.7 Å². The Bertz CT molecular complexity index is 1030. The van der Waals surface area contributed by atoms with E-state index in [0.717, 1.165) is 22.6 Å². The SMILES string of the molecule is COc1cccc(-c2ccc(=O)n(CCCC(=O)Nc3cccc(C)c3)n2)c1. The number of methoxy groups -OCH3 is 1. The molecule has 0 bridgehead atoms. The highest BCUT2D eigenvalue weighted by Crippen LogP contribution is 2.21. The van der Waals surface area contributed by atoms with Crippen molar-refractivity contribution in [1.29, 1.82) is 0 Å². The van der Waals surface area contributed by atoms with E-state index in [0.29, 0.717) is 25.1 Å². The van der Waals surface area contributed by atoms with Gasteiger partial charge in [0.1, 0.15) is 5.75 Å². The van der Waals surface area contributed by atoms with E-state index in [9.17, 15) is 9.59 Å². The van der Waals surface area contributed by atoms with Gasteiger partial charge in [-0.25, -0.2) is 4.68 Å². The van der Waals surface area contributed by atoms with Crippen LogP contribution in [0.1, 0.15) is 18.4 Å². The van der Waals surface area contributed by atoms with Crippen molar-refractivity contribution in [2.75, 3.05) is 12.4 Å². The van der Waals surface area contributed by atoms with Crippen LogP contribution in [-0.2, 0) is 11.3 Å². The fourth-order valence-corrected chi connectivity index (χ4v) is 2.88. The van der Waals surface area contributed by atoms with Crippen molar-refractivity contribution < 1.29 is 9.53 Å². The van der Waals surface area contributed by atoms with Gasteiger partial charge in [-0.15, -0.1) is 0 Å². The Labute approximate surface area is 163 Å². The molecule has 0 aliphatic rings. The Kier molecular flexibility index (Phi) is 6.22. The van der Waals surface area contributed by atoms with Crippen LogP contribution in [0.15, 0.2) is 65.5 Å². The summed E-state index contributed by atoms with van der Waals surface area (Å²) in [5, 5.41) is 7.30. The van der Waals surface area contributed by atoms with Gasteiger partial charge in [0.05, 0.1) is 12.8 Å². The molecular weight excluding hydrogens is 354 g/mol. The van der Waals surface area contributed by atoms with Crippen LogP contribution >= 0.6 is 0 Å². The molecule has 3 aromatic rings. The Morgan fingerprint density at radius 1 is 1.11 bits per heavy atom. The van der Waals surface area contributed by atoms with E-state index in [4.69, 9.17) is 4.74 Å². The first-order chi connectivity index (χ1) is 13.5. The van der Waals surface area contributed by atoms with E-state index < -0.39 is 0 Å². The zero-order valence-electron chi connectivity index (χ0n) is 16.0. The summed E-state index contributed by atoms with van der Waals surface area (Å²) in [4.78, 5) is 24.2. The molecule has 1 heterocycles. The smallest absolute Gasteiger partial charge is 0.266 e. The maximum absolute atomic E-state index is 12.1. The molecule has 2 aromatic carbocycles. The number of carbonyl (C=O) groups is 1. The molecule has 28 heavy (non-hydrogen) atoms. The van der Waals surface area contributed by atoms with Gasteiger partial charge in [0.2, 0.25) is 5.91 Å². The lowest BCUT2D eigenvalue weighted by molar-refractivity contribution is -0.116. The van der Waals surface area contributed by atoms with Crippen molar-refractivity contribution in [2.45, 2.75) is 26.3 Å². The van der Waals surface area contributed by atoms with Crippen LogP contribution in [0.5, 0.6) is 5.75 Å². The molecule has 0 saturated carbocycles. The second-order valence-corrected chi connectivity index (χ2v) is 6.53. The molecule has 6 heteroatoms. The number of aryl methyl sites for hydroxylation is 2. The zero-order valence-corrected chi connectivity index (χ0v) is 16.0. The third kappa shape index (κ3) is 5.07. The van der Waals surface area contributed by atoms with E-state index in [1.54, 1.807) is 13.2 Å². The summed E-state index contributed by atoms with van der Waals surface area (Å²) in [6.07, 6.45) is 0.831. The first kappa shape index (κ1) is 19.4. The lowest BCUT2D eigenvalue weighted by atomic mass is 10.1. The number of benzene rings is 2. The highest BCUT2D eigenvalue weighted by atomic mass is 16.5. The number of carbonyl (C=O) groups excluding carboxylic acids is 1. The fraction of sp³-hybridized carbons (Fsp3) is 0.227. The minimum atomic E-state index is -0.189. The maximum atomic E-state index is 12.1. The number of ether oxygens (including phenoxy) is 1. The minimum absolute atomic E-state index is 0.0809. The molecular formula is C22H23N3O3. The number of anilines is 1. The first-order valence-electron chi connectivity index (χ1n) is 9.14. The largest absolute Gasteiger partial charge is 0.497 e. The molecule has 0 radical (unpaired) electrons. The monoisotopic (exact) mass is 377 g/mol. The van der Waals surface area contributed by atoms with Crippen LogP contribution in [0, 0.1) is 6.92 Å². The third-order valence-corrected chi connectivity index (χ3v) is 4.31. The highest BCUT2D eigenvalue weighted by Gasteiger charge is 2.07. The lowest BCUT2D eigenvalue weighted by Gasteiger charge is -2.09. The van der Waals surface area contributed by atoms with Crippen LogP contribution in [0.25, 0.3) is 11.3 Å². The summed E-state index contributed by atoms with van der Waals surface area (Å²) >= 11 is 0. The van der Waals surface area contributed by atoms with Crippen molar-refractivity contribution in [3.8, 4) is 17.0 Å². The number of hydrogen-bond donors (Lipinski definition) is 1. The van der Waals surface area contributed by atoms with Gasteiger partial charge in [0.25, 0.3) is 5.56 Å². The molecule has 1 amide bonds. The van der Waals surface area contributed by atoms with Gasteiger partial charge in [0, 0.05) is 30.3 Å². The molecule has 144 valence electrons. The minimum Gasteiger partial charge on any atom is -0.497 e. The molecule has 0 saturated heterocycles. The standard InChI is InChI=1S/C22H23N3O3/c1-16-6-3-8-18(14-16)23-21(26)10-5-13-25-22(27)12-11-20(24-25)17-7-4-9-19(15-17)28-2/h3-4,6-9,11-12,14-15H,5,10,13H2,1-2H3,(H,23,26). The number of aromatic nitrogens is 2. The molecule has 1 aromatic heterocycles. The molecule has 1 N–H and O–H groups in total. The molecule has 0 aliphatic heterocycles. The van der Waals surface area contributed by atoms with E-state index >= 15 is 0 Å². The average Bonchev–Trinajstić information content (AvgIpc) is 2.69. The number of amides is 1. The zero-order chi connectivity index (χ0) is 19.9. The van der Waals surface area contributed by atoms with Crippen molar-refractivity contribution in [1.82, 2.24) is 9.78 Å². The van der Waals surface area contributed by atoms with E-state index in [1.807, 2.05) is 55.5 Å². The van der Waals surface area contributed by atoms with Gasteiger partial charge < -0.3 is 10.1 Å². The van der Waals surface area contributed by atoms with Crippen molar-refractivity contribution in [2.24, 2.45) is 0 Å². The van der Waals surface area contributed by atoms with Crippen LogP contribution < -0.4 is 15.6 Å². The predicted molar refractivity (Wildman–Crippen MR) is 110 cm³/mol. The Hall–Kier alpha value is -3.41. The normalized spacial score (nSPS) is 10.5. The maximum Gasteiger partial charge on any atom is 0.266 e. The fourth-order valence-electron chi connectivity index (χ4n) is 2.88. The Morgan fingerprint density at radius 2 is 1.93 bits per heavy atom. The molecule has 3 rings (SSSR count). The van der Waals surface area contributed by atoms with Gasteiger partial charge in [-0.05, 0) is 49.2 Å². The van der Waals surface area contributed by atoms with Crippen LogP contribution in [0.3, 0.4) is 0 Å². The summed E-state index contributed by atoms with van der Waals surface area (Å²) < 4.78 is 6.63. The Morgan fingerprint density at radius 3 is 2.71 bits per heavy atom. The first-order valence-corrected chi connectivity index (χ1v) is 9.14. The van der Waals surface area contributed by atoms with Gasteiger partial charge >= 0.3 is 0 Å². The second-order valence-electron chi connectivity index (χ2n) is 6.53. The van der Waals surface area contributed by atoms with Gasteiger partial charge in [-0.1, -0.05) is 24.3 Å². The summed E-state index contributed by atoms with van der Waals surface area (Å²) in [5.74, 6) is 0.646. The van der Waals surface area contributed by atoms with E-state index in [2.05, 4.69) is 10.4 Å². The van der Waals surface area contributed by atoms with E-state index in [-0.39, 0.29) is 11.5 Å². The molecule has 6 nitrogen and oxygen atoms in total.